The highest BCUT2D eigenvalue weighted by atomic mass is 35.5. The first-order chi connectivity index (χ1) is 4.18. The van der Waals surface area contributed by atoms with Crippen molar-refractivity contribution < 1.29 is 0 Å². The Morgan fingerprint density at radius 1 is 1.56 bits per heavy atom. The van der Waals surface area contributed by atoms with Crippen LogP contribution in [0, 0.1) is 11.3 Å². The molecule has 1 atom stereocenters. The fourth-order valence-corrected chi connectivity index (χ4v) is 0.897. The predicted octanol–water partition coefficient (Wildman–Crippen LogP) is 2.70. The highest BCUT2D eigenvalue weighted by Crippen LogP contribution is 2.23. The third-order valence-electron chi connectivity index (χ3n) is 1.41. The second kappa shape index (κ2) is 3.74. The average Bonchev–Trinajstić information content (AvgIpc) is 1.89. The minimum absolute atomic E-state index is 0.589. The number of alkyl halides is 1. The predicted molar refractivity (Wildman–Crippen MR) is 39.4 cm³/mol. The molecule has 1 nitrogen and oxygen atoms in total. The highest BCUT2D eigenvalue weighted by Gasteiger charge is 2.22. The lowest BCUT2D eigenvalue weighted by Crippen LogP contribution is -2.16. The molecule has 0 N–H and O–H groups in total. The van der Waals surface area contributed by atoms with Gasteiger partial charge < -0.3 is 0 Å². The highest BCUT2D eigenvalue weighted by molar-refractivity contribution is 6.25. The van der Waals surface area contributed by atoms with E-state index >= 15 is 0 Å². The smallest absolute Gasteiger partial charge is 0.130 e. The Morgan fingerprint density at radius 3 is 2.22 bits per heavy atom. The van der Waals surface area contributed by atoms with E-state index in [-0.39, 0.29) is 0 Å². The van der Waals surface area contributed by atoms with Crippen LogP contribution in [0.2, 0.25) is 0 Å². The van der Waals surface area contributed by atoms with E-state index in [9.17, 15) is 0 Å². The zero-order valence-corrected chi connectivity index (χ0v) is 6.70. The second-order valence-corrected chi connectivity index (χ2v) is 2.90. The minimum Gasteiger partial charge on any atom is -0.196 e. The van der Waals surface area contributed by atoms with E-state index in [1.165, 1.54) is 0 Å². The molecule has 0 aromatic heterocycles. The van der Waals surface area contributed by atoms with E-state index in [1.807, 2.05) is 13.8 Å². The summed E-state index contributed by atoms with van der Waals surface area (Å²) in [6.45, 7) is 3.97. The van der Waals surface area contributed by atoms with Crippen LogP contribution in [0.25, 0.3) is 0 Å². The molecule has 0 rings (SSSR count). The van der Waals surface area contributed by atoms with Crippen LogP contribution in [0.15, 0.2) is 0 Å². The van der Waals surface area contributed by atoms with Gasteiger partial charge in [-0.3, -0.25) is 0 Å². The van der Waals surface area contributed by atoms with Crippen LogP contribution in [0.4, 0.5) is 0 Å². The molecule has 0 amide bonds. The maximum atomic E-state index is 8.53. The van der Waals surface area contributed by atoms with Crippen molar-refractivity contribution >= 4 is 11.6 Å². The summed E-state index contributed by atoms with van der Waals surface area (Å²) in [5.41, 5.74) is 0. The molecule has 0 bridgehead atoms. The van der Waals surface area contributed by atoms with Crippen LogP contribution in [-0.2, 0) is 0 Å². The molecule has 1 unspecified atom stereocenters. The summed E-state index contributed by atoms with van der Waals surface area (Å²) in [4.78, 5) is -0.589. The SMILES string of the molecule is CCCC(Cl)(C#N)CC. The van der Waals surface area contributed by atoms with Crippen LogP contribution < -0.4 is 0 Å². The van der Waals surface area contributed by atoms with Gasteiger partial charge in [0.25, 0.3) is 0 Å². The van der Waals surface area contributed by atoms with Gasteiger partial charge in [-0.2, -0.15) is 5.26 Å². The largest absolute Gasteiger partial charge is 0.196 e. The van der Waals surface area contributed by atoms with Gasteiger partial charge >= 0.3 is 0 Å². The monoisotopic (exact) mass is 145 g/mol. The van der Waals surface area contributed by atoms with Gasteiger partial charge in [-0.25, -0.2) is 0 Å². The summed E-state index contributed by atoms with van der Waals surface area (Å²) in [5.74, 6) is 0. The molecule has 9 heavy (non-hydrogen) atoms. The topological polar surface area (TPSA) is 23.8 Å². The zero-order valence-electron chi connectivity index (χ0n) is 5.95. The van der Waals surface area contributed by atoms with Crippen LogP contribution >= 0.6 is 11.6 Å². The Kier molecular flexibility index (Phi) is 3.65. The fourth-order valence-electron chi connectivity index (χ4n) is 0.708. The summed E-state index contributed by atoms with van der Waals surface area (Å²) in [7, 11) is 0. The summed E-state index contributed by atoms with van der Waals surface area (Å²) >= 11 is 5.85. The molecule has 0 aliphatic rings. The maximum absolute atomic E-state index is 8.53. The lowest BCUT2D eigenvalue weighted by Gasteiger charge is -2.13. The quantitative estimate of drug-likeness (QED) is 0.561. The van der Waals surface area contributed by atoms with E-state index in [0.29, 0.717) is 0 Å². The molecule has 0 heterocycles. The van der Waals surface area contributed by atoms with Gasteiger partial charge in [0.2, 0.25) is 0 Å². The van der Waals surface area contributed by atoms with Gasteiger partial charge in [0, 0.05) is 0 Å². The number of nitriles is 1. The molecule has 0 aromatic carbocycles. The van der Waals surface area contributed by atoms with Crippen molar-refractivity contribution in [1.29, 1.82) is 5.26 Å². The lowest BCUT2D eigenvalue weighted by molar-refractivity contribution is 0.611. The summed E-state index contributed by atoms with van der Waals surface area (Å²) < 4.78 is 0. The van der Waals surface area contributed by atoms with Crippen molar-refractivity contribution in [3.63, 3.8) is 0 Å². The minimum atomic E-state index is -0.589. The van der Waals surface area contributed by atoms with E-state index < -0.39 is 4.87 Å². The van der Waals surface area contributed by atoms with Crippen molar-refractivity contribution in [2.24, 2.45) is 0 Å². The third kappa shape index (κ3) is 2.72. The van der Waals surface area contributed by atoms with Crippen molar-refractivity contribution in [2.75, 3.05) is 0 Å². The van der Waals surface area contributed by atoms with Crippen LogP contribution in [0.5, 0.6) is 0 Å². The molecule has 0 spiro atoms. The number of rotatable bonds is 3. The number of halogens is 1. The first kappa shape index (κ1) is 8.78. The lowest BCUT2D eigenvalue weighted by atomic mass is 10.0. The van der Waals surface area contributed by atoms with E-state index in [0.717, 1.165) is 19.3 Å². The van der Waals surface area contributed by atoms with E-state index in [2.05, 4.69) is 6.07 Å². The molecule has 0 aromatic rings. The Balaban J connectivity index is 3.81. The van der Waals surface area contributed by atoms with Crippen LogP contribution in [0.1, 0.15) is 33.1 Å². The average molecular weight is 146 g/mol. The Hall–Kier alpha value is -0.220. The standard InChI is InChI=1S/C7H12ClN/c1-3-5-7(8,4-2)6-9/h3-5H2,1-2H3. The third-order valence-corrected chi connectivity index (χ3v) is 1.95. The Bertz CT molecular complexity index is 117. The van der Waals surface area contributed by atoms with Gasteiger partial charge in [0.05, 0.1) is 6.07 Å². The summed E-state index contributed by atoms with van der Waals surface area (Å²) in [6.07, 6.45) is 2.51. The Labute approximate surface area is 61.6 Å². The number of hydrogen-bond donors (Lipinski definition) is 0. The van der Waals surface area contributed by atoms with E-state index in [1.54, 1.807) is 0 Å². The fraction of sp³-hybridized carbons (Fsp3) is 0.857. The molecule has 0 saturated carbocycles. The van der Waals surface area contributed by atoms with Crippen molar-refractivity contribution in [2.45, 2.75) is 38.0 Å². The molecular weight excluding hydrogens is 134 g/mol. The van der Waals surface area contributed by atoms with Crippen molar-refractivity contribution in [3.8, 4) is 6.07 Å². The normalized spacial score (nSPS) is 16.2. The van der Waals surface area contributed by atoms with Gasteiger partial charge in [-0.15, -0.1) is 11.6 Å². The second-order valence-electron chi connectivity index (χ2n) is 2.18. The van der Waals surface area contributed by atoms with Crippen LogP contribution in [0.3, 0.4) is 0 Å². The van der Waals surface area contributed by atoms with Gasteiger partial charge in [-0.1, -0.05) is 20.3 Å². The molecule has 0 aliphatic carbocycles. The number of nitrogens with zero attached hydrogens (tertiary/aromatic N) is 1. The molecule has 0 saturated heterocycles. The zero-order chi connectivity index (χ0) is 7.33. The van der Waals surface area contributed by atoms with Crippen LogP contribution in [-0.4, -0.2) is 4.87 Å². The summed E-state index contributed by atoms with van der Waals surface area (Å²) in [6, 6.07) is 2.09. The molecule has 2 heteroatoms. The number of hydrogen-bond acceptors (Lipinski definition) is 1. The molecule has 0 aliphatic heterocycles. The van der Waals surface area contributed by atoms with Gasteiger partial charge in [0.1, 0.15) is 4.87 Å². The van der Waals surface area contributed by atoms with Gasteiger partial charge in [0.15, 0.2) is 0 Å². The first-order valence-electron chi connectivity index (χ1n) is 3.28. The maximum Gasteiger partial charge on any atom is 0.130 e. The first-order valence-corrected chi connectivity index (χ1v) is 3.66. The van der Waals surface area contributed by atoms with Gasteiger partial charge in [-0.05, 0) is 12.8 Å². The Morgan fingerprint density at radius 2 is 2.11 bits per heavy atom. The molecular formula is C7H12ClN. The molecule has 0 radical (unpaired) electrons. The molecule has 0 fully saturated rings. The summed E-state index contributed by atoms with van der Waals surface area (Å²) in [5, 5.41) is 8.53. The van der Waals surface area contributed by atoms with Crippen molar-refractivity contribution in [3.05, 3.63) is 0 Å². The van der Waals surface area contributed by atoms with E-state index in [4.69, 9.17) is 16.9 Å². The van der Waals surface area contributed by atoms with Crippen molar-refractivity contribution in [1.82, 2.24) is 0 Å². The molecule has 52 valence electrons.